The van der Waals surface area contributed by atoms with Crippen molar-refractivity contribution in [2.75, 3.05) is 7.11 Å². The first kappa shape index (κ1) is 18.8. The number of pyridine rings is 2. The Labute approximate surface area is 161 Å². The second-order valence-corrected chi connectivity index (χ2v) is 6.62. The number of ether oxygens (including phenoxy) is 1. The zero-order chi connectivity index (χ0) is 19.1. The fourth-order valence-corrected chi connectivity index (χ4v) is 3.31. The number of nitrogens with zero attached hydrogens (tertiary/aromatic N) is 2. The van der Waals surface area contributed by atoms with Crippen LogP contribution < -0.4 is 10.1 Å². The predicted octanol–water partition coefficient (Wildman–Crippen LogP) is 3.85. The minimum absolute atomic E-state index is 0.208. The summed E-state index contributed by atoms with van der Waals surface area (Å²) in [5.74, 6) is 0.618. The molecule has 0 saturated carbocycles. The maximum Gasteiger partial charge on any atom is 0.254 e. The van der Waals surface area contributed by atoms with Crippen molar-refractivity contribution >= 4 is 17.7 Å². The molecule has 0 radical (unpaired) electrons. The molecule has 0 aliphatic carbocycles. The van der Waals surface area contributed by atoms with Crippen LogP contribution in [0.25, 0.3) is 0 Å². The largest absolute Gasteiger partial charge is 0.481 e. The summed E-state index contributed by atoms with van der Waals surface area (Å²) in [6.45, 7) is 0.356. The highest BCUT2D eigenvalue weighted by molar-refractivity contribution is 7.98. The Kier molecular flexibility index (Phi) is 6.38. The molecule has 27 heavy (non-hydrogen) atoms. The van der Waals surface area contributed by atoms with Crippen LogP contribution in [0, 0.1) is 5.82 Å². The van der Waals surface area contributed by atoms with Gasteiger partial charge in [0, 0.05) is 30.8 Å². The number of hydrogen-bond acceptors (Lipinski definition) is 5. The first-order valence-corrected chi connectivity index (χ1v) is 9.23. The van der Waals surface area contributed by atoms with Gasteiger partial charge in [0.15, 0.2) is 0 Å². The van der Waals surface area contributed by atoms with Crippen molar-refractivity contribution in [3.63, 3.8) is 0 Å². The van der Waals surface area contributed by atoms with Crippen molar-refractivity contribution in [1.82, 2.24) is 15.3 Å². The number of carbonyl (C=O) groups excluding carboxylic acids is 1. The fourth-order valence-electron chi connectivity index (χ4n) is 2.36. The van der Waals surface area contributed by atoms with Gasteiger partial charge >= 0.3 is 0 Å². The van der Waals surface area contributed by atoms with Crippen LogP contribution in [0.2, 0.25) is 0 Å². The number of aromatic nitrogens is 2. The second kappa shape index (κ2) is 9.14. The van der Waals surface area contributed by atoms with Crippen LogP contribution in [0.15, 0.2) is 66.0 Å². The summed E-state index contributed by atoms with van der Waals surface area (Å²) in [6, 6.07) is 13.3. The Bertz CT molecular complexity index is 919. The van der Waals surface area contributed by atoms with Crippen molar-refractivity contribution in [1.29, 1.82) is 0 Å². The molecule has 0 aliphatic heterocycles. The molecule has 0 bridgehead atoms. The molecule has 5 nitrogen and oxygen atoms in total. The molecule has 0 aliphatic rings. The topological polar surface area (TPSA) is 64.1 Å². The Hall–Kier alpha value is -2.93. The van der Waals surface area contributed by atoms with E-state index in [4.69, 9.17) is 4.74 Å². The van der Waals surface area contributed by atoms with Crippen LogP contribution in [-0.2, 0) is 12.3 Å². The molecular formula is C20H18FN3O2S. The van der Waals surface area contributed by atoms with Gasteiger partial charge in [-0.05, 0) is 41.5 Å². The lowest BCUT2D eigenvalue weighted by Crippen LogP contribution is -2.23. The van der Waals surface area contributed by atoms with E-state index < -0.39 is 0 Å². The molecule has 1 aromatic carbocycles. The quantitative estimate of drug-likeness (QED) is 0.628. The van der Waals surface area contributed by atoms with Crippen LogP contribution >= 0.6 is 11.8 Å². The Balaban J connectivity index is 1.65. The van der Waals surface area contributed by atoms with Crippen molar-refractivity contribution in [2.45, 2.75) is 17.3 Å². The summed E-state index contributed by atoms with van der Waals surface area (Å²) in [7, 11) is 1.55. The van der Waals surface area contributed by atoms with Crippen LogP contribution in [0.1, 0.15) is 21.5 Å². The van der Waals surface area contributed by atoms with Crippen molar-refractivity contribution in [2.24, 2.45) is 0 Å². The molecule has 2 heterocycles. The van der Waals surface area contributed by atoms with Gasteiger partial charge < -0.3 is 10.1 Å². The summed E-state index contributed by atoms with van der Waals surface area (Å²) >= 11 is 1.44. The number of thioether (sulfide) groups is 1. The van der Waals surface area contributed by atoms with Gasteiger partial charge in [-0.2, -0.15) is 0 Å². The van der Waals surface area contributed by atoms with Crippen LogP contribution in [0.3, 0.4) is 0 Å². The Morgan fingerprint density at radius 3 is 2.70 bits per heavy atom. The minimum Gasteiger partial charge on any atom is -0.481 e. The molecule has 2 aromatic heterocycles. The number of methoxy groups -OCH3 is 1. The minimum atomic E-state index is -0.269. The van der Waals surface area contributed by atoms with Crippen molar-refractivity contribution < 1.29 is 13.9 Å². The number of benzene rings is 1. The number of nitrogens with one attached hydrogen (secondary N) is 1. The summed E-state index contributed by atoms with van der Waals surface area (Å²) in [4.78, 5) is 20.9. The third-order valence-corrected chi connectivity index (χ3v) is 4.84. The highest BCUT2D eigenvalue weighted by Crippen LogP contribution is 2.24. The molecule has 0 saturated heterocycles. The highest BCUT2D eigenvalue weighted by Gasteiger charge is 2.13. The molecule has 1 amide bonds. The van der Waals surface area contributed by atoms with E-state index in [1.165, 1.54) is 23.9 Å². The lowest BCUT2D eigenvalue weighted by atomic mass is 10.2. The smallest absolute Gasteiger partial charge is 0.254 e. The monoisotopic (exact) mass is 383 g/mol. The van der Waals surface area contributed by atoms with E-state index in [2.05, 4.69) is 15.3 Å². The van der Waals surface area contributed by atoms with Crippen LogP contribution in [-0.4, -0.2) is 23.0 Å². The normalized spacial score (nSPS) is 10.4. The Morgan fingerprint density at radius 2 is 1.93 bits per heavy atom. The molecule has 138 valence electrons. The molecular weight excluding hydrogens is 365 g/mol. The van der Waals surface area contributed by atoms with E-state index >= 15 is 0 Å². The maximum atomic E-state index is 13.0. The van der Waals surface area contributed by atoms with Gasteiger partial charge in [0.1, 0.15) is 10.8 Å². The number of carbonyl (C=O) groups is 1. The highest BCUT2D eigenvalue weighted by atomic mass is 32.2. The zero-order valence-electron chi connectivity index (χ0n) is 14.7. The van der Waals surface area contributed by atoms with Gasteiger partial charge in [-0.3, -0.25) is 4.79 Å². The fraction of sp³-hybridized carbons (Fsp3) is 0.150. The summed E-state index contributed by atoms with van der Waals surface area (Å²) < 4.78 is 18.1. The molecule has 3 aromatic rings. The lowest BCUT2D eigenvalue weighted by Gasteiger charge is -2.10. The Morgan fingerprint density at radius 1 is 1.11 bits per heavy atom. The van der Waals surface area contributed by atoms with Gasteiger partial charge in [0.05, 0.1) is 12.7 Å². The van der Waals surface area contributed by atoms with Crippen LogP contribution in [0.4, 0.5) is 4.39 Å². The lowest BCUT2D eigenvalue weighted by molar-refractivity contribution is 0.0947. The van der Waals surface area contributed by atoms with Gasteiger partial charge in [-0.1, -0.05) is 12.1 Å². The number of rotatable bonds is 7. The van der Waals surface area contributed by atoms with Crippen molar-refractivity contribution in [3.05, 3.63) is 83.4 Å². The first-order chi connectivity index (χ1) is 13.2. The molecule has 0 unspecified atom stereocenters. The average Bonchev–Trinajstić information content (AvgIpc) is 2.72. The molecule has 0 spiro atoms. The molecule has 0 fully saturated rings. The summed E-state index contributed by atoms with van der Waals surface area (Å²) in [6.07, 6.45) is 3.28. The van der Waals surface area contributed by atoms with Gasteiger partial charge in [0.25, 0.3) is 5.91 Å². The average molecular weight is 383 g/mol. The standard InChI is InChI=1S/C20H18FN3O2S/c1-26-18-11-15(8-10-22-18)12-24-19(25)17-3-2-9-23-20(17)27-13-14-4-6-16(21)7-5-14/h2-11H,12-13H2,1H3,(H,24,25). The third kappa shape index (κ3) is 5.27. The third-order valence-electron chi connectivity index (χ3n) is 3.77. The molecule has 1 N–H and O–H groups in total. The van der Waals surface area contributed by atoms with E-state index in [0.29, 0.717) is 28.8 Å². The predicted molar refractivity (Wildman–Crippen MR) is 102 cm³/mol. The summed E-state index contributed by atoms with van der Waals surface area (Å²) in [5.41, 5.74) is 2.35. The van der Waals surface area contributed by atoms with Gasteiger partial charge in [-0.25, -0.2) is 14.4 Å². The number of halogens is 1. The van der Waals surface area contributed by atoms with E-state index in [0.717, 1.165) is 11.1 Å². The van der Waals surface area contributed by atoms with Gasteiger partial charge in [-0.15, -0.1) is 11.8 Å². The maximum absolute atomic E-state index is 13.0. The number of amides is 1. The molecule has 7 heteroatoms. The van der Waals surface area contributed by atoms with Crippen molar-refractivity contribution in [3.8, 4) is 5.88 Å². The molecule has 0 atom stereocenters. The van der Waals surface area contributed by atoms with E-state index in [9.17, 15) is 9.18 Å². The van der Waals surface area contributed by atoms with Crippen LogP contribution in [0.5, 0.6) is 5.88 Å². The van der Waals surface area contributed by atoms with E-state index in [1.54, 1.807) is 49.8 Å². The van der Waals surface area contributed by atoms with E-state index in [-0.39, 0.29) is 11.7 Å². The van der Waals surface area contributed by atoms with E-state index in [1.807, 2.05) is 6.07 Å². The summed E-state index contributed by atoms with van der Waals surface area (Å²) in [5, 5.41) is 3.52. The first-order valence-electron chi connectivity index (χ1n) is 8.25. The molecule has 3 rings (SSSR count). The SMILES string of the molecule is COc1cc(CNC(=O)c2cccnc2SCc2ccc(F)cc2)ccn1. The van der Waals surface area contributed by atoms with Gasteiger partial charge in [0.2, 0.25) is 5.88 Å². The second-order valence-electron chi connectivity index (χ2n) is 5.66. The zero-order valence-corrected chi connectivity index (χ0v) is 15.5. The number of hydrogen-bond donors (Lipinski definition) is 1.